The molecule has 1 amide bonds. The van der Waals surface area contributed by atoms with Gasteiger partial charge >= 0.3 is 5.69 Å². The molecule has 9 nitrogen and oxygen atoms in total. The molecule has 0 bridgehead atoms. The number of nitrogens with zero attached hydrogens (tertiary/aromatic N) is 4. The van der Waals surface area contributed by atoms with Crippen molar-refractivity contribution < 1.29 is 13.2 Å². The van der Waals surface area contributed by atoms with E-state index in [1.165, 1.54) is 10.8 Å². The van der Waals surface area contributed by atoms with Gasteiger partial charge in [0.05, 0.1) is 0 Å². The maximum Gasteiger partial charge on any atom is 0.346 e. The first kappa shape index (κ1) is 16.4. The lowest BCUT2D eigenvalue weighted by Gasteiger charge is -2.07. The summed E-state index contributed by atoms with van der Waals surface area (Å²) in [6.45, 7) is 1.11. The van der Waals surface area contributed by atoms with Crippen LogP contribution in [0.1, 0.15) is 30.1 Å². The van der Waals surface area contributed by atoms with Gasteiger partial charge in [0.15, 0.2) is 5.03 Å². The van der Waals surface area contributed by atoms with Crippen molar-refractivity contribution in [2.24, 2.45) is 7.05 Å². The lowest BCUT2D eigenvalue weighted by molar-refractivity contribution is -0.120. The largest absolute Gasteiger partial charge is 0.346 e. The number of aromatic nitrogens is 4. The molecule has 3 rings (SSSR count). The summed E-state index contributed by atoms with van der Waals surface area (Å²) in [7, 11) is -2.50. The highest BCUT2D eigenvalue weighted by Gasteiger charge is 2.30. The number of pyridine rings is 1. The van der Waals surface area contributed by atoms with Crippen molar-refractivity contribution in [2.75, 3.05) is 0 Å². The van der Waals surface area contributed by atoms with Gasteiger partial charge in [-0.3, -0.25) is 9.36 Å². The van der Waals surface area contributed by atoms with Crippen LogP contribution in [0.25, 0.3) is 0 Å². The molecule has 128 valence electrons. The zero-order valence-corrected chi connectivity index (χ0v) is 14.1. The summed E-state index contributed by atoms with van der Waals surface area (Å²) in [5.74, 6) is 0.0192. The Morgan fingerprint density at radius 2 is 2.12 bits per heavy atom. The summed E-state index contributed by atoms with van der Waals surface area (Å²) in [4.78, 5) is 27.9. The van der Waals surface area contributed by atoms with E-state index < -0.39 is 28.2 Å². The summed E-state index contributed by atoms with van der Waals surface area (Å²) in [6, 6.07) is 3.18. The molecule has 1 aliphatic carbocycles. The molecule has 10 heteroatoms. The minimum absolute atomic E-state index is 0.217. The molecule has 24 heavy (non-hydrogen) atoms. The number of amides is 1. The number of aryl methyl sites for hydroxylation is 1. The Hall–Kier alpha value is -2.49. The normalized spacial score (nSPS) is 14.6. The molecular weight excluding hydrogens is 334 g/mol. The van der Waals surface area contributed by atoms with Crippen LogP contribution in [0.2, 0.25) is 0 Å². The van der Waals surface area contributed by atoms with E-state index >= 15 is 0 Å². The summed E-state index contributed by atoms with van der Waals surface area (Å²) in [5.41, 5.74) is -0.0257. The van der Waals surface area contributed by atoms with Crippen molar-refractivity contribution in [2.45, 2.75) is 37.3 Å². The first-order chi connectivity index (χ1) is 11.3. The number of carbonyl (C=O) groups excluding carboxylic acids is 1. The van der Waals surface area contributed by atoms with Crippen LogP contribution < -0.4 is 10.4 Å². The molecule has 0 unspecified atom stereocenters. The number of hydrogen-bond donors (Lipinski definition) is 1. The van der Waals surface area contributed by atoms with Crippen LogP contribution in [0.15, 0.2) is 28.2 Å². The van der Waals surface area contributed by atoms with E-state index in [4.69, 9.17) is 0 Å². The third kappa shape index (κ3) is 3.09. The van der Waals surface area contributed by atoms with Crippen molar-refractivity contribution in [3.63, 3.8) is 0 Å². The Kier molecular flexibility index (Phi) is 3.99. The molecule has 2 aromatic heterocycles. The number of nitrogens with one attached hydrogen (secondary N) is 1. The number of hydrogen-bond acceptors (Lipinski definition) is 6. The second kappa shape index (κ2) is 5.86. The van der Waals surface area contributed by atoms with Crippen LogP contribution in [-0.2, 0) is 28.4 Å². The van der Waals surface area contributed by atoms with Crippen LogP contribution >= 0.6 is 0 Å². The van der Waals surface area contributed by atoms with Crippen molar-refractivity contribution in [1.29, 1.82) is 0 Å². The van der Waals surface area contributed by atoms with Crippen LogP contribution in [-0.4, -0.2) is 33.7 Å². The van der Waals surface area contributed by atoms with E-state index in [2.05, 4.69) is 10.1 Å². The Labute approximate surface area is 138 Å². The second-order valence-electron chi connectivity index (χ2n) is 5.79. The van der Waals surface area contributed by atoms with E-state index in [9.17, 15) is 18.0 Å². The predicted molar refractivity (Wildman–Crippen MR) is 83.7 cm³/mol. The summed E-state index contributed by atoms with van der Waals surface area (Å²) < 4.78 is 28.7. The molecule has 1 saturated carbocycles. The average Bonchev–Trinajstić information content (AvgIpc) is 3.30. The lowest BCUT2D eigenvalue weighted by atomic mass is 10.3. The molecule has 1 N–H and O–H groups in total. The summed E-state index contributed by atoms with van der Waals surface area (Å²) >= 11 is 0. The van der Waals surface area contributed by atoms with Gasteiger partial charge in [-0.1, -0.05) is 6.07 Å². The smallest absolute Gasteiger partial charge is 0.282 e. The minimum atomic E-state index is -4.09. The van der Waals surface area contributed by atoms with Crippen molar-refractivity contribution >= 4 is 15.9 Å². The van der Waals surface area contributed by atoms with Gasteiger partial charge in [0.1, 0.15) is 12.4 Å². The zero-order valence-electron chi connectivity index (χ0n) is 13.3. The Bertz CT molecular complexity index is 956. The standard InChI is InChI=1S/C14H17N5O4S/c1-9-4-3-7-15-13(9)24(22,23)17-11(20)8-19-14(21)18(2)12(16-19)10-5-6-10/h3-4,7,10H,5-6,8H2,1-2H3,(H,17,20). The molecule has 2 heterocycles. The quantitative estimate of drug-likeness (QED) is 0.788. The van der Waals surface area contributed by atoms with Gasteiger partial charge in [0, 0.05) is 19.2 Å². The highest BCUT2D eigenvalue weighted by molar-refractivity contribution is 7.90. The van der Waals surface area contributed by atoms with Gasteiger partial charge in [-0.25, -0.2) is 19.2 Å². The van der Waals surface area contributed by atoms with Gasteiger partial charge < -0.3 is 0 Å². The Morgan fingerprint density at radius 1 is 1.42 bits per heavy atom. The van der Waals surface area contributed by atoms with E-state index in [0.717, 1.165) is 17.5 Å². The first-order valence-electron chi connectivity index (χ1n) is 7.40. The van der Waals surface area contributed by atoms with Crippen LogP contribution in [0, 0.1) is 6.92 Å². The second-order valence-corrected chi connectivity index (χ2v) is 7.38. The van der Waals surface area contributed by atoms with Gasteiger partial charge in [-0.15, -0.1) is 0 Å². The third-order valence-electron chi connectivity index (χ3n) is 3.77. The zero-order chi connectivity index (χ0) is 17.5. The topological polar surface area (TPSA) is 116 Å². The molecule has 1 aliphatic rings. The van der Waals surface area contributed by atoms with E-state index in [-0.39, 0.29) is 10.9 Å². The molecule has 2 aromatic rings. The maximum atomic E-state index is 12.2. The first-order valence-corrected chi connectivity index (χ1v) is 8.89. The lowest BCUT2D eigenvalue weighted by Crippen LogP contribution is -2.37. The van der Waals surface area contributed by atoms with Crippen LogP contribution in [0.4, 0.5) is 0 Å². The van der Waals surface area contributed by atoms with E-state index in [1.807, 2.05) is 4.72 Å². The van der Waals surface area contributed by atoms with Gasteiger partial charge in [-0.05, 0) is 31.4 Å². The van der Waals surface area contributed by atoms with E-state index in [0.29, 0.717) is 11.4 Å². The SMILES string of the molecule is Cc1cccnc1S(=O)(=O)NC(=O)Cn1nc(C2CC2)n(C)c1=O. The van der Waals surface area contributed by atoms with Crippen LogP contribution in [0.3, 0.4) is 0 Å². The fraction of sp³-hybridized carbons (Fsp3) is 0.429. The fourth-order valence-corrected chi connectivity index (χ4v) is 3.58. The predicted octanol–water partition coefficient (Wildman–Crippen LogP) is -0.332. The number of rotatable bonds is 5. The molecule has 0 atom stereocenters. The van der Waals surface area contributed by atoms with Crippen LogP contribution in [0.5, 0.6) is 0 Å². The molecule has 0 aliphatic heterocycles. The van der Waals surface area contributed by atoms with Gasteiger partial charge in [0.25, 0.3) is 15.9 Å². The average molecular weight is 351 g/mol. The highest BCUT2D eigenvalue weighted by Crippen LogP contribution is 2.38. The fourth-order valence-electron chi connectivity index (χ4n) is 2.42. The molecule has 1 fully saturated rings. The van der Waals surface area contributed by atoms with Crippen molar-refractivity contribution in [3.05, 3.63) is 40.2 Å². The number of carbonyl (C=O) groups is 1. The molecule has 0 spiro atoms. The minimum Gasteiger partial charge on any atom is -0.282 e. The number of sulfonamides is 1. The Morgan fingerprint density at radius 3 is 2.75 bits per heavy atom. The molecule has 0 radical (unpaired) electrons. The van der Waals surface area contributed by atoms with Gasteiger partial charge in [-0.2, -0.15) is 13.5 Å². The Balaban J connectivity index is 1.78. The highest BCUT2D eigenvalue weighted by atomic mass is 32.2. The summed E-state index contributed by atoms with van der Waals surface area (Å²) in [6.07, 6.45) is 3.25. The van der Waals surface area contributed by atoms with Crippen molar-refractivity contribution in [3.8, 4) is 0 Å². The molecular formula is C14H17N5O4S. The third-order valence-corrected chi connectivity index (χ3v) is 5.21. The van der Waals surface area contributed by atoms with Gasteiger partial charge in [0.2, 0.25) is 0 Å². The monoisotopic (exact) mass is 351 g/mol. The molecule has 0 aromatic carbocycles. The summed E-state index contributed by atoms with van der Waals surface area (Å²) in [5, 5.41) is 3.91. The van der Waals surface area contributed by atoms with Crippen molar-refractivity contribution in [1.82, 2.24) is 24.1 Å². The molecule has 0 saturated heterocycles. The van der Waals surface area contributed by atoms with E-state index in [1.54, 1.807) is 26.1 Å². The maximum absolute atomic E-state index is 12.2.